The summed E-state index contributed by atoms with van der Waals surface area (Å²) in [5.74, 6) is 0.842. The molecule has 4 fully saturated rings. The summed E-state index contributed by atoms with van der Waals surface area (Å²) in [6, 6.07) is 8.04. The topological polar surface area (TPSA) is 41.1 Å². The van der Waals surface area contributed by atoms with E-state index in [9.17, 15) is 4.79 Å². The third-order valence-corrected chi connectivity index (χ3v) is 6.85. The molecule has 4 bridgehead atoms. The lowest BCUT2D eigenvalue weighted by molar-refractivity contribution is -0.168. The zero-order chi connectivity index (χ0) is 17.9. The molecule has 1 aromatic carbocycles. The molecule has 1 amide bonds. The van der Waals surface area contributed by atoms with Gasteiger partial charge in [-0.15, -0.1) is 0 Å². The third-order valence-electron chi connectivity index (χ3n) is 6.64. The largest absolute Gasteiger partial charge is 0.332 e. The summed E-state index contributed by atoms with van der Waals surface area (Å²) in [5, 5.41) is 6.58. The number of amides is 1. The van der Waals surface area contributed by atoms with Gasteiger partial charge in [-0.1, -0.05) is 31.5 Å². The first kappa shape index (κ1) is 17.0. The second-order valence-electron chi connectivity index (χ2n) is 9.68. The summed E-state index contributed by atoms with van der Waals surface area (Å²) in [4.78, 5) is 13.2. The highest BCUT2D eigenvalue weighted by Crippen LogP contribution is 2.69. The van der Waals surface area contributed by atoms with Gasteiger partial charge < -0.3 is 10.6 Å². The summed E-state index contributed by atoms with van der Waals surface area (Å²) < 4.78 is 0. The number of benzene rings is 1. The van der Waals surface area contributed by atoms with E-state index in [2.05, 4.69) is 31.4 Å². The minimum absolute atomic E-state index is 0.138. The van der Waals surface area contributed by atoms with Crippen molar-refractivity contribution in [3.8, 4) is 0 Å². The van der Waals surface area contributed by atoms with Gasteiger partial charge in [0.1, 0.15) is 0 Å². The van der Waals surface area contributed by atoms with Gasteiger partial charge in [0.2, 0.25) is 5.91 Å². The van der Waals surface area contributed by atoms with Gasteiger partial charge in [-0.3, -0.25) is 4.79 Å². The van der Waals surface area contributed by atoms with Crippen molar-refractivity contribution in [3.63, 3.8) is 0 Å². The third kappa shape index (κ3) is 3.10. The van der Waals surface area contributed by atoms with Crippen molar-refractivity contribution in [2.24, 2.45) is 22.2 Å². The maximum absolute atomic E-state index is 13.2. The summed E-state index contributed by atoms with van der Waals surface area (Å²) in [6.45, 7) is 6.83. The lowest BCUT2D eigenvalue weighted by Gasteiger charge is -2.64. The smallest absolute Gasteiger partial charge is 0.232 e. The Morgan fingerprint density at radius 2 is 1.64 bits per heavy atom. The van der Waals surface area contributed by atoms with E-state index in [-0.39, 0.29) is 11.3 Å². The Bertz CT molecular complexity index is 708. The van der Waals surface area contributed by atoms with Crippen LogP contribution in [-0.2, 0) is 4.79 Å². The van der Waals surface area contributed by atoms with E-state index in [1.54, 1.807) is 0 Å². The van der Waals surface area contributed by atoms with E-state index in [1.807, 2.05) is 24.3 Å². The van der Waals surface area contributed by atoms with Crippen LogP contribution >= 0.6 is 12.2 Å². The molecule has 3 nitrogen and oxygen atoms in total. The summed E-state index contributed by atoms with van der Waals surface area (Å²) in [7, 11) is 0. The lowest BCUT2D eigenvalue weighted by Crippen LogP contribution is -2.60. The van der Waals surface area contributed by atoms with Gasteiger partial charge in [0.25, 0.3) is 0 Å². The molecule has 2 unspecified atom stereocenters. The second kappa shape index (κ2) is 5.54. The molecule has 2 N–H and O–H groups in total. The monoisotopic (exact) mass is 356 g/mol. The fourth-order valence-electron chi connectivity index (χ4n) is 6.74. The van der Waals surface area contributed by atoms with Crippen molar-refractivity contribution in [2.75, 3.05) is 5.32 Å². The zero-order valence-electron chi connectivity index (χ0n) is 15.4. The summed E-state index contributed by atoms with van der Waals surface area (Å²) in [6.07, 6.45) is 6.94. The van der Waals surface area contributed by atoms with Gasteiger partial charge in [0.05, 0.1) is 5.41 Å². The number of hydrogen-bond acceptors (Lipinski definition) is 2. The van der Waals surface area contributed by atoms with Gasteiger partial charge >= 0.3 is 0 Å². The average Bonchev–Trinajstić information content (AvgIpc) is 2.45. The molecule has 0 aromatic heterocycles. The molecule has 4 heteroatoms. The molecule has 4 atom stereocenters. The predicted octanol–water partition coefficient (Wildman–Crippen LogP) is 4.80. The number of anilines is 1. The number of carbonyl (C=O) groups is 1. The van der Waals surface area contributed by atoms with Crippen LogP contribution in [0, 0.1) is 29.1 Å². The first-order valence-corrected chi connectivity index (χ1v) is 9.79. The minimum atomic E-state index is -0.220. The lowest BCUT2D eigenvalue weighted by atomic mass is 9.40. The van der Waals surface area contributed by atoms with E-state index < -0.39 is 0 Å². The molecule has 0 spiro atoms. The fourth-order valence-corrected chi connectivity index (χ4v) is 6.95. The van der Waals surface area contributed by atoms with Crippen LogP contribution in [0.2, 0.25) is 0 Å². The van der Waals surface area contributed by atoms with Crippen LogP contribution in [0.5, 0.6) is 0 Å². The highest BCUT2D eigenvalue weighted by molar-refractivity contribution is 7.80. The first-order chi connectivity index (χ1) is 11.7. The van der Waals surface area contributed by atoms with E-state index in [0.29, 0.717) is 21.9 Å². The van der Waals surface area contributed by atoms with Crippen LogP contribution in [0.1, 0.15) is 57.9 Å². The number of hydrogen-bond donors (Lipinski definition) is 2. The average molecular weight is 357 g/mol. The number of thiocarbonyl (C=S) groups is 1. The van der Waals surface area contributed by atoms with Crippen molar-refractivity contribution < 1.29 is 4.79 Å². The Balaban J connectivity index is 1.47. The molecule has 1 aromatic rings. The summed E-state index contributed by atoms with van der Waals surface area (Å²) >= 11 is 5.41. The second-order valence-corrected chi connectivity index (χ2v) is 10.1. The van der Waals surface area contributed by atoms with Crippen LogP contribution in [0.15, 0.2) is 24.3 Å². The Morgan fingerprint density at radius 1 is 1.04 bits per heavy atom. The van der Waals surface area contributed by atoms with E-state index in [0.717, 1.165) is 24.9 Å². The van der Waals surface area contributed by atoms with Crippen molar-refractivity contribution in [1.29, 1.82) is 0 Å². The highest BCUT2D eigenvalue weighted by Gasteiger charge is 2.62. The van der Waals surface area contributed by atoms with Crippen LogP contribution in [0.4, 0.5) is 5.69 Å². The molecule has 0 radical (unpaired) electrons. The molecular weight excluding hydrogens is 328 g/mol. The molecule has 0 aliphatic heterocycles. The molecule has 4 saturated carbocycles. The first-order valence-electron chi connectivity index (χ1n) is 9.39. The highest BCUT2D eigenvalue weighted by atomic mass is 32.1. The maximum Gasteiger partial charge on any atom is 0.232 e. The van der Waals surface area contributed by atoms with E-state index in [4.69, 9.17) is 12.2 Å². The molecule has 0 heterocycles. The molecular formula is C21H28N2OS. The van der Waals surface area contributed by atoms with E-state index >= 15 is 0 Å². The van der Waals surface area contributed by atoms with E-state index in [1.165, 1.54) is 24.8 Å². The Kier molecular flexibility index (Phi) is 3.77. The van der Waals surface area contributed by atoms with Crippen LogP contribution in [0.3, 0.4) is 0 Å². The standard InChI is InChI=1S/C21H28N2OS/c1-14-4-6-16(7-5-14)22-18(25)23-17(24)21-10-15-8-19(2,12-21)11-20(3,9-15)13-21/h4-7,15H,8-13H2,1-3H3,(H2,22,23,24,25)/t15?,19-,20+,21?. The molecule has 5 rings (SSSR count). The zero-order valence-corrected chi connectivity index (χ0v) is 16.3. The van der Waals surface area contributed by atoms with Gasteiger partial charge in [0, 0.05) is 5.69 Å². The molecule has 0 saturated heterocycles. The molecule has 134 valence electrons. The van der Waals surface area contributed by atoms with Crippen molar-refractivity contribution >= 4 is 28.9 Å². The number of aryl methyl sites for hydroxylation is 1. The minimum Gasteiger partial charge on any atom is -0.332 e. The maximum atomic E-state index is 13.2. The van der Waals surface area contributed by atoms with Crippen LogP contribution in [0.25, 0.3) is 0 Å². The SMILES string of the molecule is Cc1ccc(NC(=S)NC(=O)C23CC4C[C@@](C)(C2)C[C@](C)(C4)C3)cc1. The number of carbonyl (C=O) groups excluding carboxylic acids is 1. The van der Waals surface area contributed by atoms with Crippen LogP contribution in [-0.4, -0.2) is 11.0 Å². The van der Waals surface area contributed by atoms with Crippen LogP contribution < -0.4 is 10.6 Å². The normalized spacial score (nSPS) is 38.4. The van der Waals surface area contributed by atoms with Crippen molar-refractivity contribution in [2.45, 2.75) is 59.3 Å². The quantitative estimate of drug-likeness (QED) is 0.748. The molecule has 25 heavy (non-hydrogen) atoms. The number of nitrogens with one attached hydrogen (secondary N) is 2. The predicted molar refractivity (Wildman–Crippen MR) is 105 cm³/mol. The van der Waals surface area contributed by atoms with Gasteiger partial charge in [-0.2, -0.15) is 0 Å². The van der Waals surface area contributed by atoms with Gasteiger partial charge in [-0.05, 0) is 86.5 Å². The Morgan fingerprint density at radius 3 is 2.20 bits per heavy atom. The molecule has 4 aliphatic rings. The Labute approximate surface area is 156 Å². The molecule has 4 aliphatic carbocycles. The summed E-state index contributed by atoms with van der Waals surface area (Å²) in [5.41, 5.74) is 2.56. The Hall–Kier alpha value is -1.42. The van der Waals surface area contributed by atoms with Gasteiger partial charge in [-0.25, -0.2) is 0 Å². The fraction of sp³-hybridized carbons (Fsp3) is 0.619. The van der Waals surface area contributed by atoms with Crippen molar-refractivity contribution in [1.82, 2.24) is 5.32 Å². The van der Waals surface area contributed by atoms with Crippen molar-refractivity contribution in [3.05, 3.63) is 29.8 Å². The number of rotatable bonds is 2. The van der Waals surface area contributed by atoms with Gasteiger partial charge in [0.15, 0.2) is 5.11 Å².